The summed E-state index contributed by atoms with van der Waals surface area (Å²) < 4.78 is 25.8. The van der Waals surface area contributed by atoms with E-state index in [0.29, 0.717) is 34.6 Å². The quantitative estimate of drug-likeness (QED) is 0.654. The fourth-order valence-corrected chi connectivity index (χ4v) is 6.04. The fraction of sp³-hybridized carbons (Fsp3) is 0.435. The SMILES string of the molecule is CCc1ccc(NC(=O)c2cc(C3CC3)nc3c2c(C)nn3C2CCS(=O)(=O)C2)cc1. The lowest BCUT2D eigenvalue weighted by Gasteiger charge is -2.12. The van der Waals surface area contributed by atoms with Crippen LogP contribution in [0.25, 0.3) is 11.0 Å². The van der Waals surface area contributed by atoms with Crippen LogP contribution in [-0.2, 0) is 16.3 Å². The number of pyridine rings is 1. The topological polar surface area (TPSA) is 93.9 Å². The van der Waals surface area contributed by atoms with E-state index >= 15 is 0 Å². The van der Waals surface area contributed by atoms with Crippen molar-refractivity contribution in [2.24, 2.45) is 0 Å². The van der Waals surface area contributed by atoms with E-state index in [-0.39, 0.29) is 23.5 Å². The van der Waals surface area contributed by atoms with Gasteiger partial charge in [0.25, 0.3) is 5.91 Å². The van der Waals surface area contributed by atoms with Crippen LogP contribution in [0.15, 0.2) is 30.3 Å². The number of nitrogens with zero attached hydrogens (tertiary/aromatic N) is 3. The zero-order chi connectivity index (χ0) is 21.8. The molecule has 3 aromatic rings. The summed E-state index contributed by atoms with van der Waals surface area (Å²) >= 11 is 0. The Hall–Kier alpha value is -2.74. The zero-order valence-electron chi connectivity index (χ0n) is 17.8. The molecule has 0 radical (unpaired) electrons. The molecule has 1 saturated carbocycles. The van der Waals surface area contributed by atoms with Crippen LogP contribution in [0.3, 0.4) is 0 Å². The number of carbonyl (C=O) groups is 1. The second-order valence-corrected chi connectivity index (χ2v) is 10.9. The molecule has 0 spiro atoms. The van der Waals surface area contributed by atoms with Crippen molar-refractivity contribution in [1.82, 2.24) is 14.8 Å². The average molecular weight is 439 g/mol. The first-order chi connectivity index (χ1) is 14.8. The van der Waals surface area contributed by atoms with Crippen LogP contribution in [-0.4, -0.2) is 40.6 Å². The second kappa shape index (κ2) is 7.44. The number of nitrogens with one attached hydrogen (secondary N) is 1. The number of amides is 1. The third kappa shape index (κ3) is 3.84. The van der Waals surface area contributed by atoms with Crippen molar-refractivity contribution in [2.75, 3.05) is 16.8 Å². The molecule has 2 aromatic heterocycles. The first-order valence-electron chi connectivity index (χ1n) is 10.8. The molecule has 31 heavy (non-hydrogen) atoms. The summed E-state index contributed by atoms with van der Waals surface area (Å²) in [5.74, 6) is 0.404. The molecule has 1 amide bonds. The molecule has 8 heteroatoms. The Kier molecular flexibility index (Phi) is 4.84. The van der Waals surface area contributed by atoms with Crippen molar-refractivity contribution in [3.8, 4) is 0 Å². The highest BCUT2D eigenvalue weighted by atomic mass is 32.2. The van der Waals surface area contributed by atoms with Crippen LogP contribution in [0, 0.1) is 6.92 Å². The first kappa shape index (κ1) is 20.2. The molecular formula is C23H26N4O3S. The molecule has 0 bridgehead atoms. The predicted molar refractivity (Wildman–Crippen MR) is 120 cm³/mol. The van der Waals surface area contributed by atoms with Gasteiger partial charge in [0.05, 0.1) is 34.2 Å². The number of aryl methyl sites for hydroxylation is 2. The Bertz CT molecular complexity index is 1270. The Morgan fingerprint density at radius 1 is 1.19 bits per heavy atom. The highest BCUT2D eigenvalue weighted by Crippen LogP contribution is 2.41. The van der Waals surface area contributed by atoms with Gasteiger partial charge in [-0.15, -0.1) is 0 Å². The number of carbonyl (C=O) groups excluding carboxylic acids is 1. The van der Waals surface area contributed by atoms with Crippen molar-refractivity contribution in [3.63, 3.8) is 0 Å². The summed E-state index contributed by atoms with van der Waals surface area (Å²) in [6.45, 7) is 3.95. The molecule has 7 nitrogen and oxygen atoms in total. The van der Waals surface area contributed by atoms with Gasteiger partial charge >= 0.3 is 0 Å². The van der Waals surface area contributed by atoms with Gasteiger partial charge in [0.2, 0.25) is 0 Å². The highest BCUT2D eigenvalue weighted by Gasteiger charge is 2.34. The molecule has 2 aliphatic rings. The molecule has 1 unspecified atom stereocenters. The molecule has 2 fully saturated rings. The Labute approximate surface area is 181 Å². The molecular weight excluding hydrogens is 412 g/mol. The van der Waals surface area contributed by atoms with E-state index in [1.165, 1.54) is 5.56 Å². The van der Waals surface area contributed by atoms with E-state index in [9.17, 15) is 13.2 Å². The smallest absolute Gasteiger partial charge is 0.256 e. The number of fused-ring (bicyclic) bond motifs is 1. The maximum absolute atomic E-state index is 13.3. The maximum Gasteiger partial charge on any atom is 0.256 e. The molecule has 5 rings (SSSR count). The molecule has 1 N–H and O–H groups in total. The van der Waals surface area contributed by atoms with E-state index in [4.69, 9.17) is 4.98 Å². The minimum absolute atomic E-state index is 0.0733. The third-order valence-corrected chi connectivity index (χ3v) is 8.02. The summed E-state index contributed by atoms with van der Waals surface area (Å²) in [6, 6.07) is 9.50. The normalized spacial score (nSPS) is 20.3. The Morgan fingerprint density at radius 3 is 2.55 bits per heavy atom. The second-order valence-electron chi connectivity index (χ2n) is 8.66. The lowest BCUT2D eigenvalue weighted by atomic mass is 10.1. The number of rotatable bonds is 5. The number of hydrogen-bond acceptors (Lipinski definition) is 5. The molecule has 3 heterocycles. The Morgan fingerprint density at radius 2 is 1.94 bits per heavy atom. The van der Waals surface area contributed by atoms with Crippen molar-refractivity contribution in [2.45, 2.75) is 51.5 Å². The van der Waals surface area contributed by atoms with Crippen LogP contribution >= 0.6 is 0 Å². The van der Waals surface area contributed by atoms with Crippen molar-refractivity contribution in [3.05, 3.63) is 52.8 Å². The largest absolute Gasteiger partial charge is 0.322 e. The van der Waals surface area contributed by atoms with Gasteiger partial charge in [-0.2, -0.15) is 5.10 Å². The summed E-state index contributed by atoms with van der Waals surface area (Å²) in [5.41, 5.74) is 4.71. The van der Waals surface area contributed by atoms with Crippen LogP contribution in [0.5, 0.6) is 0 Å². The summed E-state index contributed by atoms with van der Waals surface area (Å²) in [7, 11) is -3.06. The zero-order valence-corrected chi connectivity index (χ0v) is 18.6. The molecule has 162 valence electrons. The van der Waals surface area contributed by atoms with E-state index in [2.05, 4.69) is 17.3 Å². The number of sulfone groups is 1. The number of aromatic nitrogens is 3. The summed E-state index contributed by atoms with van der Waals surface area (Å²) in [6.07, 6.45) is 3.59. The molecule has 1 aliphatic heterocycles. The van der Waals surface area contributed by atoms with Crippen LogP contribution in [0.1, 0.15) is 65.5 Å². The van der Waals surface area contributed by atoms with Gasteiger partial charge in [-0.25, -0.2) is 18.1 Å². The standard InChI is InChI=1S/C23H26N4O3S/c1-3-15-4-8-17(9-5-15)24-23(28)19-12-20(16-6-7-16)25-22-21(19)14(2)26-27(22)18-10-11-31(29,30)13-18/h4-5,8-9,12,16,18H,3,6-7,10-11,13H2,1-2H3,(H,24,28). The van der Waals surface area contributed by atoms with Crippen molar-refractivity contribution in [1.29, 1.82) is 0 Å². The van der Waals surface area contributed by atoms with E-state index < -0.39 is 9.84 Å². The van der Waals surface area contributed by atoms with E-state index in [0.717, 1.165) is 30.6 Å². The Balaban J connectivity index is 1.57. The van der Waals surface area contributed by atoms with Gasteiger partial charge in [0.1, 0.15) is 0 Å². The van der Waals surface area contributed by atoms with Crippen molar-refractivity contribution < 1.29 is 13.2 Å². The fourth-order valence-electron chi connectivity index (χ4n) is 4.34. The summed E-state index contributed by atoms with van der Waals surface area (Å²) in [4.78, 5) is 18.1. The minimum atomic E-state index is -3.06. The monoisotopic (exact) mass is 438 g/mol. The number of benzene rings is 1. The maximum atomic E-state index is 13.3. The van der Waals surface area contributed by atoms with Gasteiger partial charge in [-0.05, 0) is 56.4 Å². The minimum Gasteiger partial charge on any atom is -0.322 e. The van der Waals surface area contributed by atoms with E-state index in [1.807, 2.05) is 37.3 Å². The molecule has 1 saturated heterocycles. The van der Waals surface area contributed by atoms with Gasteiger partial charge in [-0.1, -0.05) is 19.1 Å². The summed E-state index contributed by atoms with van der Waals surface area (Å²) in [5, 5.41) is 8.35. The van der Waals surface area contributed by atoms with Gasteiger partial charge in [0, 0.05) is 17.3 Å². The number of hydrogen-bond donors (Lipinski definition) is 1. The molecule has 1 aromatic carbocycles. The highest BCUT2D eigenvalue weighted by molar-refractivity contribution is 7.91. The van der Waals surface area contributed by atoms with Crippen LogP contribution in [0.2, 0.25) is 0 Å². The van der Waals surface area contributed by atoms with Crippen molar-refractivity contribution >= 4 is 32.5 Å². The lowest BCUT2D eigenvalue weighted by Crippen LogP contribution is -2.15. The van der Waals surface area contributed by atoms with Crippen LogP contribution < -0.4 is 5.32 Å². The van der Waals surface area contributed by atoms with Crippen LogP contribution in [0.4, 0.5) is 5.69 Å². The van der Waals surface area contributed by atoms with E-state index in [1.54, 1.807) is 4.68 Å². The van der Waals surface area contributed by atoms with Gasteiger partial charge in [-0.3, -0.25) is 4.79 Å². The lowest BCUT2D eigenvalue weighted by molar-refractivity contribution is 0.102. The average Bonchev–Trinajstić information content (AvgIpc) is 3.47. The molecule has 1 aliphatic carbocycles. The van der Waals surface area contributed by atoms with Gasteiger partial charge < -0.3 is 5.32 Å². The third-order valence-electron chi connectivity index (χ3n) is 6.27. The predicted octanol–water partition coefficient (Wildman–Crippen LogP) is 3.79. The first-order valence-corrected chi connectivity index (χ1v) is 12.7. The number of anilines is 1. The molecule has 1 atom stereocenters. The van der Waals surface area contributed by atoms with Gasteiger partial charge in [0.15, 0.2) is 15.5 Å².